The number of thiazole rings is 1. The lowest BCUT2D eigenvalue weighted by atomic mass is 10.2. The van der Waals surface area contributed by atoms with Gasteiger partial charge in [-0.2, -0.15) is 5.10 Å². The molecule has 0 saturated carbocycles. The molecule has 7 nitrogen and oxygen atoms in total. The van der Waals surface area contributed by atoms with Crippen LogP contribution < -0.4 is 5.32 Å². The highest BCUT2D eigenvalue weighted by Crippen LogP contribution is 2.18. The predicted molar refractivity (Wildman–Crippen MR) is 99.1 cm³/mol. The van der Waals surface area contributed by atoms with Crippen LogP contribution in [0.3, 0.4) is 0 Å². The van der Waals surface area contributed by atoms with Crippen molar-refractivity contribution in [2.75, 3.05) is 11.9 Å². The van der Waals surface area contributed by atoms with Gasteiger partial charge < -0.3 is 4.74 Å². The van der Waals surface area contributed by atoms with Crippen LogP contribution in [0.25, 0.3) is 5.69 Å². The fraction of sp³-hybridized carbons (Fsp3) is 0.222. The maximum Gasteiger partial charge on any atom is 0.341 e. The summed E-state index contributed by atoms with van der Waals surface area (Å²) in [5.74, 6) is -0.624. The van der Waals surface area contributed by atoms with E-state index in [9.17, 15) is 9.59 Å². The van der Waals surface area contributed by atoms with Crippen molar-refractivity contribution in [3.8, 4) is 5.69 Å². The molecule has 1 aromatic carbocycles. The minimum atomic E-state index is -0.397. The Morgan fingerprint density at radius 3 is 2.58 bits per heavy atom. The molecule has 0 unspecified atom stereocenters. The van der Waals surface area contributed by atoms with Crippen molar-refractivity contribution >= 4 is 28.3 Å². The first kappa shape index (κ1) is 17.8. The van der Waals surface area contributed by atoms with Gasteiger partial charge in [0.1, 0.15) is 5.56 Å². The Kier molecular flexibility index (Phi) is 5.13. The van der Waals surface area contributed by atoms with Crippen molar-refractivity contribution in [2.24, 2.45) is 0 Å². The Hall–Kier alpha value is -3.00. The zero-order chi connectivity index (χ0) is 18.7. The summed E-state index contributed by atoms with van der Waals surface area (Å²) in [6.07, 6.45) is 1.48. The molecule has 0 aliphatic heterocycles. The van der Waals surface area contributed by atoms with Crippen LogP contribution in [0.15, 0.2) is 35.8 Å². The Balaban J connectivity index is 1.77. The smallest absolute Gasteiger partial charge is 0.341 e. The first-order chi connectivity index (χ1) is 12.5. The summed E-state index contributed by atoms with van der Waals surface area (Å²) in [6.45, 7) is 5.74. The summed E-state index contributed by atoms with van der Waals surface area (Å²) in [6, 6.07) is 6.96. The number of carbonyl (C=O) groups is 2. The number of rotatable bonds is 5. The maximum absolute atomic E-state index is 12.3. The number of aryl methyl sites for hydroxylation is 1. The Labute approximate surface area is 154 Å². The van der Waals surface area contributed by atoms with Crippen molar-refractivity contribution in [2.45, 2.75) is 20.8 Å². The number of aromatic nitrogens is 3. The van der Waals surface area contributed by atoms with Crippen LogP contribution in [0.4, 0.5) is 5.13 Å². The normalized spacial score (nSPS) is 10.6. The van der Waals surface area contributed by atoms with Gasteiger partial charge in [-0.25, -0.2) is 14.5 Å². The van der Waals surface area contributed by atoms with Crippen molar-refractivity contribution in [1.29, 1.82) is 0 Å². The first-order valence-corrected chi connectivity index (χ1v) is 8.93. The summed E-state index contributed by atoms with van der Waals surface area (Å²) in [5.41, 5.74) is 3.23. The third kappa shape index (κ3) is 3.65. The number of nitrogens with zero attached hydrogens (tertiary/aromatic N) is 3. The van der Waals surface area contributed by atoms with Gasteiger partial charge in [0.2, 0.25) is 0 Å². The SMILES string of the molecule is CCOC(=O)c1cnn(-c2ccc(C(=O)Nc3nc(C)cs3)cc2)c1C. The third-order valence-electron chi connectivity index (χ3n) is 3.72. The lowest BCUT2D eigenvalue weighted by molar-refractivity contribution is 0.0525. The van der Waals surface area contributed by atoms with Crippen LogP contribution in [-0.2, 0) is 4.74 Å². The standard InChI is InChI=1S/C18H18N4O3S/c1-4-25-17(24)15-9-19-22(12(15)3)14-7-5-13(6-8-14)16(23)21-18-20-11(2)10-26-18/h5-10H,4H2,1-3H3,(H,20,21,23). The van der Waals surface area contributed by atoms with E-state index >= 15 is 0 Å². The summed E-state index contributed by atoms with van der Waals surface area (Å²) in [4.78, 5) is 28.4. The van der Waals surface area contributed by atoms with E-state index in [2.05, 4.69) is 15.4 Å². The zero-order valence-corrected chi connectivity index (χ0v) is 15.5. The highest BCUT2D eigenvalue weighted by Gasteiger charge is 2.16. The second kappa shape index (κ2) is 7.49. The van der Waals surface area contributed by atoms with E-state index in [1.807, 2.05) is 12.3 Å². The molecule has 0 fully saturated rings. The van der Waals surface area contributed by atoms with Crippen LogP contribution in [0.2, 0.25) is 0 Å². The van der Waals surface area contributed by atoms with E-state index in [-0.39, 0.29) is 5.91 Å². The molecule has 1 amide bonds. The highest BCUT2D eigenvalue weighted by atomic mass is 32.1. The van der Waals surface area contributed by atoms with Gasteiger partial charge in [-0.05, 0) is 45.0 Å². The highest BCUT2D eigenvalue weighted by molar-refractivity contribution is 7.13. The van der Waals surface area contributed by atoms with E-state index in [1.165, 1.54) is 17.5 Å². The molecule has 0 aliphatic carbocycles. The number of amides is 1. The zero-order valence-electron chi connectivity index (χ0n) is 14.6. The van der Waals surface area contributed by atoms with Gasteiger partial charge >= 0.3 is 5.97 Å². The number of hydrogen-bond donors (Lipinski definition) is 1. The lowest BCUT2D eigenvalue weighted by Gasteiger charge is -2.07. The molecule has 2 aromatic heterocycles. The molecule has 134 valence electrons. The van der Waals surface area contributed by atoms with Crippen molar-refractivity contribution < 1.29 is 14.3 Å². The van der Waals surface area contributed by atoms with Gasteiger partial charge in [0.25, 0.3) is 5.91 Å². The monoisotopic (exact) mass is 370 g/mol. The Morgan fingerprint density at radius 2 is 1.96 bits per heavy atom. The van der Waals surface area contributed by atoms with Gasteiger partial charge in [0.05, 0.1) is 29.9 Å². The molecule has 0 spiro atoms. The molecule has 1 N–H and O–H groups in total. The third-order valence-corrected chi connectivity index (χ3v) is 4.59. The molecule has 26 heavy (non-hydrogen) atoms. The first-order valence-electron chi connectivity index (χ1n) is 8.05. The Bertz CT molecular complexity index is 944. The molecule has 0 radical (unpaired) electrons. The second-order valence-corrected chi connectivity index (χ2v) is 6.43. The molecule has 3 aromatic rings. The van der Waals surface area contributed by atoms with Gasteiger partial charge in [-0.3, -0.25) is 10.1 Å². The number of benzene rings is 1. The molecular formula is C18H18N4O3S. The summed E-state index contributed by atoms with van der Waals surface area (Å²) < 4.78 is 6.65. The molecular weight excluding hydrogens is 352 g/mol. The Morgan fingerprint density at radius 1 is 1.23 bits per heavy atom. The molecule has 2 heterocycles. The topological polar surface area (TPSA) is 86.1 Å². The molecule has 3 rings (SSSR count). The minimum absolute atomic E-state index is 0.227. The van der Waals surface area contributed by atoms with Crippen LogP contribution in [0.1, 0.15) is 39.0 Å². The van der Waals surface area contributed by atoms with Crippen molar-refractivity contribution in [1.82, 2.24) is 14.8 Å². The van der Waals surface area contributed by atoms with E-state index in [1.54, 1.807) is 42.8 Å². The molecule has 0 bridgehead atoms. The summed E-state index contributed by atoms with van der Waals surface area (Å²) >= 11 is 1.38. The molecule has 0 aliphatic rings. The summed E-state index contributed by atoms with van der Waals surface area (Å²) in [5, 5.41) is 9.45. The van der Waals surface area contributed by atoms with Gasteiger partial charge in [0, 0.05) is 10.9 Å². The molecule has 8 heteroatoms. The summed E-state index contributed by atoms with van der Waals surface area (Å²) in [7, 11) is 0. The van der Waals surface area contributed by atoms with Crippen LogP contribution in [-0.4, -0.2) is 33.2 Å². The van der Waals surface area contributed by atoms with Gasteiger partial charge in [-0.1, -0.05) is 0 Å². The largest absolute Gasteiger partial charge is 0.462 e. The van der Waals surface area contributed by atoms with E-state index in [4.69, 9.17) is 4.74 Å². The number of ether oxygens (including phenoxy) is 1. The van der Waals surface area contributed by atoms with E-state index in [0.717, 1.165) is 11.4 Å². The van der Waals surface area contributed by atoms with Gasteiger partial charge in [-0.15, -0.1) is 11.3 Å². The minimum Gasteiger partial charge on any atom is -0.462 e. The average molecular weight is 370 g/mol. The van der Waals surface area contributed by atoms with Crippen LogP contribution in [0.5, 0.6) is 0 Å². The van der Waals surface area contributed by atoms with Crippen LogP contribution in [0, 0.1) is 13.8 Å². The number of carbonyl (C=O) groups excluding carboxylic acids is 2. The van der Waals surface area contributed by atoms with Crippen molar-refractivity contribution in [3.05, 3.63) is 58.4 Å². The average Bonchev–Trinajstić information content (AvgIpc) is 3.21. The number of anilines is 1. The maximum atomic E-state index is 12.3. The fourth-order valence-electron chi connectivity index (χ4n) is 2.41. The van der Waals surface area contributed by atoms with E-state index < -0.39 is 5.97 Å². The quantitative estimate of drug-likeness (QED) is 0.696. The number of hydrogen-bond acceptors (Lipinski definition) is 6. The van der Waals surface area contributed by atoms with Crippen molar-refractivity contribution in [3.63, 3.8) is 0 Å². The molecule has 0 atom stereocenters. The second-order valence-electron chi connectivity index (χ2n) is 5.57. The number of esters is 1. The molecule has 0 saturated heterocycles. The predicted octanol–water partition coefficient (Wildman–Crippen LogP) is 3.37. The van der Waals surface area contributed by atoms with E-state index in [0.29, 0.717) is 28.6 Å². The number of nitrogens with one attached hydrogen (secondary N) is 1. The lowest BCUT2D eigenvalue weighted by Crippen LogP contribution is -2.12. The van der Waals surface area contributed by atoms with Gasteiger partial charge in [0.15, 0.2) is 5.13 Å². The fourth-order valence-corrected chi connectivity index (χ4v) is 3.10. The van der Waals surface area contributed by atoms with Crippen LogP contribution >= 0.6 is 11.3 Å².